The zero-order chi connectivity index (χ0) is 18.6. The van der Waals surface area contributed by atoms with E-state index >= 15 is 0 Å². The summed E-state index contributed by atoms with van der Waals surface area (Å²) in [5.74, 6) is 1.41. The molecule has 0 spiro atoms. The summed E-state index contributed by atoms with van der Waals surface area (Å²) in [6.07, 6.45) is 3.36. The van der Waals surface area contributed by atoms with Crippen LogP contribution in [0.2, 0.25) is 0 Å². The van der Waals surface area contributed by atoms with Crippen LogP contribution in [0.4, 0.5) is 5.82 Å². The van der Waals surface area contributed by atoms with E-state index in [1.54, 1.807) is 12.4 Å². The Hall–Kier alpha value is -3.15. The maximum Gasteiger partial charge on any atom is 0.254 e. The van der Waals surface area contributed by atoms with E-state index in [2.05, 4.69) is 14.9 Å². The predicted octanol–water partition coefficient (Wildman–Crippen LogP) is 2.99. The SMILES string of the molecule is CCOc1cncc(N2CCN(C(=O)c3cccc4ccccc34)CC2)n1. The van der Waals surface area contributed by atoms with Gasteiger partial charge in [-0.05, 0) is 23.8 Å². The fourth-order valence-corrected chi connectivity index (χ4v) is 3.43. The molecular formula is C21H22N4O2. The van der Waals surface area contributed by atoms with Crippen molar-refractivity contribution in [1.82, 2.24) is 14.9 Å². The molecular weight excluding hydrogens is 340 g/mol. The summed E-state index contributed by atoms with van der Waals surface area (Å²) >= 11 is 0. The van der Waals surface area contributed by atoms with Crippen molar-refractivity contribution in [2.45, 2.75) is 6.92 Å². The van der Waals surface area contributed by atoms with Crippen LogP contribution in [0.5, 0.6) is 5.88 Å². The second-order valence-corrected chi connectivity index (χ2v) is 6.45. The Bertz CT molecular complexity index is 946. The number of amides is 1. The van der Waals surface area contributed by atoms with E-state index in [1.807, 2.05) is 54.3 Å². The van der Waals surface area contributed by atoms with Gasteiger partial charge in [0, 0.05) is 31.7 Å². The molecule has 27 heavy (non-hydrogen) atoms. The molecule has 6 nitrogen and oxygen atoms in total. The van der Waals surface area contributed by atoms with E-state index in [4.69, 9.17) is 4.74 Å². The summed E-state index contributed by atoms with van der Waals surface area (Å²) in [4.78, 5) is 25.8. The highest BCUT2D eigenvalue weighted by atomic mass is 16.5. The molecule has 3 aromatic rings. The van der Waals surface area contributed by atoms with Crippen molar-refractivity contribution in [2.24, 2.45) is 0 Å². The van der Waals surface area contributed by atoms with Crippen molar-refractivity contribution in [3.63, 3.8) is 0 Å². The Morgan fingerprint density at radius 1 is 1.04 bits per heavy atom. The van der Waals surface area contributed by atoms with Crippen molar-refractivity contribution in [3.05, 3.63) is 60.4 Å². The van der Waals surface area contributed by atoms with Crippen LogP contribution in [-0.2, 0) is 0 Å². The number of hydrogen-bond donors (Lipinski definition) is 0. The first-order valence-electron chi connectivity index (χ1n) is 9.23. The standard InChI is InChI=1S/C21H22N4O2/c1-2-27-20-15-22-14-19(23-20)24-10-12-25(13-11-24)21(26)18-9-5-7-16-6-3-4-8-17(16)18/h3-9,14-15H,2,10-13H2,1H3. The number of benzene rings is 2. The van der Waals surface area contributed by atoms with Crippen LogP contribution in [0.25, 0.3) is 10.8 Å². The molecule has 1 amide bonds. The first-order valence-corrected chi connectivity index (χ1v) is 9.23. The van der Waals surface area contributed by atoms with Crippen molar-refractivity contribution >= 4 is 22.5 Å². The van der Waals surface area contributed by atoms with E-state index < -0.39 is 0 Å². The maximum absolute atomic E-state index is 13.1. The Morgan fingerprint density at radius 2 is 1.81 bits per heavy atom. The lowest BCUT2D eigenvalue weighted by Crippen LogP contribution is -2.49. The summed E-state index contributed by atoms with van der Waals surface area (Å²) < 4.78 is 5.43. The van der Waals surface area contributed by atoms with Crippen LogP contribution in [-0.4, -0.2) is 53.6 Å². The molecule has 0 bridgehead atoms. The summed E-state index contributed by atoms with van der Waals surface area (Å²) in [6.45, 7) is 5.24. The highest BCUT2D eigenvalue weighted by molar-refractivity contribution is 6.07. The Labute approximate surface area is 158 Å². The van der Waals surface area contributed by atoms with E-state index in [0.717, 1.165) is 35.2 Å². The molecule has 2 aromatic carbocycles. The second kappa shape index (κ2) is 7.61. The van der Waals surface area contributed by atoms with Crippen LogP contribution in [0.15, 0.2) is 54.9 Å². The van der Waals surface area contributed by atoms with Gasteiger partial charge >= 0.3 is 0 Å². The van der Waals surface area contributed by atoms with Gasteiger partial charge in [0.05, 0.1) is 19.0 Å². The number of carbonyl (C=O) groups excluding carboxylic acids is 1. The van der Waals surface area contributed by atoms with Gasteiger partial charge in [-0.15, -0.1) is 0 Å². The fraction of sp³-hybridized carbons (Fsp3) is 0.286. The van der Waals surface area contributed by atoms with E-state index in [0.29, 0.717) is 25.6 Å². The molecule has 1 aromatic heterocycles. The first kappa shape index (κ1) is 17.3. The number of anilines is 1. The molecule has 0 atom stereocenters. The predicted molar refractivity (Wildman–Crippen MR) is 105 cm³/mol. The molecule has 1 fully saturated rings. The smallest absolute Gasteiger partial charge is 0.254 e. The number of hydrogen-bond acceptors (Lipinski definition) is 5. The molecule has 0 saturated carbocycles. The molecule has 138 valence electrons. The monoisotopic (exact) mass is 362 g/mol. The number of carbonyl (C=O) groups is 1. The average Bonchev–Trinajstić information content (AvgIpc) is 2.73. The molecule has 6 heteroatoms. The quantitative estimate of drug-likeness (QED) is 0.714. The first-order chi connectivity index (χ1) is 13.3. The topological polar surface area (TPSA) is 58.6 Å². The van der Waals surface area contributed by atoms with Gasteiger partial charge < -0.3 is 14.5 Å². The lowest BCUT2D eigenvalue weighted by Gasteiger charge is -2.35. The van der Waals surface area contributed by atoms with Crippen LogP contribution >= 0.6 is 0 Å². The number of ether oxygens (including phenoxy) is 1. The van der Waals surface area contributed by atoms with Gasteiger partial charge in [-0.3, -0.25) is 9.78 Å². The molecule has 0 N–H and O–H groups in total. The molecule has 1 aliphatic heterocycles. The van der Waals surface area contributed by atoms with E-state index in [1.165, 1.54) is 0 Å². The van der Waals surface area contributed by atoms with Gasteiger partial charge in [-0.25, -0.2) is 0 Å². The molecule has 1 aliphatic rings. The molecule has 0 unspecified atom stereocenters. The van der Waals surface area contributed by atoms with Gasteiger partial charge in [0.15, 0.2) is 5.82 Å². The zero-order valence-corrected chi connectivity index (χ0v) is 15.3. The third-order valence-electron chi connectivity index (χ3n) is 4.80. The van der Waals surface area contributed by atoms with Gasteiger partial charge in [0.2, 0.25) is 5.88 Å². The van der Waals surface area contributed by atoms with Crippen LogP contribution in [0, 0.1) is 0 Å². The normalized spacial score (nSPS) is 14.4. The van der Waals surface area contributed by atoms with Gasteiger partial charge in [-0.1, -0.05) is 36.4 Å². The van der Waals surface area contributed by atoms with Gasteiger partial charge in [0.1, 0.15) is 0 Å². The Balaban J connectivity index is 1.47. The summed E-state index contributed by atoms with van der Waals surface area (Å²) in [6, 6.07) is 13.9. The Kier molecular flexibility index (Phi) is 4.87. The summed E-state index contributed by atoms with van der Waals surface area (Å²) in [5, 5.41) is 2.09. The maximum atomic E-state index is 13.1. The third-order valence-corrected chi connectivity index (χ3v) is 4.80. The number of piperazine rings is 1. The van der Waals surface area contributed by atoms with Gasteiger partial charge in [0.25, 0.3) is 5.91 Å². The molecule has 4 rings (SSSR count). The highest BCUT2D eigenvalue weighted by Crippen LogP contribution is 2.22. The number of fused-ring (bicyclic) bond motifs is 1. The lowest BCUT2D eigenvalue weighted by atomic mass is 10.0. The van der Waals surface area contributed by atoms with Crippen LogP contribution in [0.3, 0.4) is 0 Å². The van der Waals surface area contributed by atoms with Crippen LogP contribution in [0.1, 0.15) is 17.3 Å². The minimum atomic E-state index is 0.0839. The van der Waals surface area contributed by atoms with E-state index in [-0.39, 0.29) is 5.91 Å². The molecule has 0 radical (unpaired) electrons. The van der Waals surface area contributed by atoms with Gasteiger partial charge in [-0.2, -0.15) is 4.98 Å². The van der Waals surface area contributed by atoms with Crippen molar-refractivity contribution in [1.29, 1.82) is 0 Å². The minimum Gasteiger partial charge on any atom is -0.477 e. The molecule has 2 heterocycles. The third kappa shape index (κ3) is 3.56. The fourth-order valence-electron chi connectivity index (χ4n) is 3.43. The lowest BCUT2D eigenvalue weighted by molar-refractivity contribution is 0.0748. The number of nitrogens with zero attached hydrogens (tertiary/aromatic N) is 4. The van der Waals surface area contributed by atoms with Crippen molar-refractivity contribution in [3.8, 4) is 5.88 Å². The van der Waals surface area contributed by atoms with E-state index in [9.17, 15) is 4.79 Å². The Morgan fingerprint density at radius 3 is 2.63 bits per heavy atom. The summed E-state index contributed by atoms with van der Waals surface area (Å²) in [7, 11) is 0. The number of aromatic nitrogens is 2. The molecule has 0 aliphatic carbocycles. The highest BCUT2D eigenvalue weighted by Gasteiger charge is 2.24. The second-order valence-electron chi connectivity index (χ2n) is 6.45. The largest absolute Gasteiger partial charge is 0.477 e. The minimum absolute atomic E-state index is 0.0839. The summed E-state index contributed by atoms with van der Waals surface area (Å²) in [5.41, 5.74) is 0.764. The average molecular weight is 362 g/mol. The van der Waals surface area contributed by atoms with Crippen molar-refractivity contribution < 1.29 is 9.53 Å². The zero-order valence-electron chi connectivity index (χ0n) is 15.3. The number of rotatable bonds is 4. The van der Waals surface area contributed by atoms with Crippen molar-refractivity contribution in [2.75, 3.05) is 37.7 Å². The van der Waals surface area contributed by atoms with Crippen LogP contribution < -0.4 is 9.64 Å². The molecule has 1 saturated heterocycles.